The summed E-state index contributed by atoms with van der Waals surface area (Å²) < 4.78 is 30.3. The molecule has 1 aliphatic heterocycles. The zero-order chi connectivity index (χ0) is 11.5. The van der Waals surface area contributed by atoms with Crippen molar-refractivity contribution >= 4 is 10.0 Å². The number of sulfonamides is 1. The molecular weight excluding hydrogens is 220 g/mol. The van der Waals surface area contributed by atoms with Crippen LogP contribution in [-0.2, 0) is 14.8 Å². The van der Waals surface area contributed by atoms with Crippen molar-refractivity contribution in [3.8, 4) is 0 Å². The molecule has 0 spiro atoms. The van der Waals surface area contributed by atoms with E-state index in [2.05, 4.69) is 0 Å². The van der Waals surface area contributed by atoms with E-state index in [-0.39, 0.29) is 19.7 Å². The third-order valence-corrected chi connectivity index (χ3v) is 4.77. The van der Waals surface area contributed by atoms with Crippen LogP contribution in [0, 0.1) is 0 Å². The summed E-state index contributed by atoms with van der Waals surface area (Å²) in [4.78, 5) is 0. The summed E-state index contributed by atoms with van der Waals surface area (Å²) in [6.07, 6.45) is -0.418. The lowest BCUT2D eigenvalue weighted by Gasteiger charge is -2.32. The van der Waals surface area contributed by atoms with Gasteiger partial charge < -0.3 is 15.6 Å². The van der Waals surface area contributed by atoms with Gasteiger partial charge in [0.05, 0.1) is 24.6 Å². The number of aliphatic hydroxyl groups excluding tert-OH is 1. The maximum absolute atomic E-state index is 11.9. The van der Waals surface area contributed by atoms with Crippen LogP contribution in [0.25, 0.3) is 0 Å². The summed E-state index contributed by atoms with van der Waals surface area (Å²) in [6, 6.07) is 0. The lowest BCUT2D eigenvalue weighted by molar-refractivity contribution is -0.0306. The molecule has 90 valence electrons. The molecule has 7 heteroatoms. The normalized spacial score (nSPS) is 26.5. The molecule has 1 aliphatic rings. The quantitative estimate of drug-likeness (QED) is 0.612. The first-order valence-corrected chi connectivity index (χ1v) is 6.44. The molecule has 0 aliphatic carbocycles. The van der Waals surface area contributed by atoms with E-state index in [4.69, 9.17) is 15.6 Å². The van der Waals surface area contributed by atoms with Crippen molar-refractivity contribution in [1.29, 1.82) is 0 Å². The average molecular weight is 238 g/mol. The second-order valence-electron chi connectivity index (χ2n) is 3.62. The number of morpholine rings is 1. The van der Waals surface area contributed by atoms with Gasteiger partial charge in [-0.15, -0.1) is 0 Å². The molecule has 3 N–H and O–H groups in total. The van der Waals surface area contributed by atoms with Gasteiger partial charge in [-0.3, -0.25) is 0 Å². The van der Waals surface area contributed by atoms with Crippen LogP contribution in [0.4, 0.5) is 0 Å². The van der Waals surface area contributed by atoms with E-state index < -0.39 is 21.4 Å². The van der Waals surface area contributed by atoms with Crippen LogP contribution in [0.5, 0.6) is 0 Å². The predicted octanol–water partition coefficient (Wildman–Crippen LogP) is -1.64. The molecule has 2 unspecified atom stereocenters. The molecular formula is C8H18N2O4S. The Morgan fingerprint density at radius 2 is 2.33 bits per heavy atom. The van der Waals surface area contributed by atoms with E-state index >= 15 is 0 Å². The van der Waals surface area contributed by atoms with Gasteiger partial charge in [-0.1, -0.05) is 0 Å². The van der Waals surface area contributed by atoms with Crippen molar-refractivity contribution in [3.63, 3.8) is 0 Å². The Morgan fingerprint density at radius 3 is 2.87 bits per heavy atom. The predicted molar refractivity (Wildman–Crippen MR) is 55.8 cm³/mol. The van der Waals surface area contributed by atoms with Gasteiger partial charge in [-0.05, 0) is 6.92 Å². The van der Waals surface area contributed by atoms with E-state index in [9.17, 15) is 8.42 Å². The summed E-state index contributed by atoms with van der Waals surface area (Å²) in [5, 5.41) is 8.31. The van der Waals surface area contributed by atoms with Gasteiger partial charge in [-0.2, -0.15) is 4.31 Å². The Balaban J connectivity index is 2.70. The molecule has 1 saturated heterocycles. The highest BCUT2D eigenvalue weighted by Gasteiger charge is 2.32. The first kappa shape index (κ1) is 12.9. The number of hydrogen-bond acceptors (Lipinski definition) is 5. The maximum Gasteiger partial charge on any atom is 0.218 e. The van der Waals surface area contributed by atoms with Crippen LogP contribution in [0.15, 0.2) is 0 Å². The molecule has 0 bridgehead atoms. The van der Waals surface area contributed by atoms with Crippen LogP contribution in [0.1, 0.15) is 6.92 Å². The molecule has 1 fully saturated rings. The minimum atomic E-state index is -3.34. The smallest absolute Gasteiger partial charge is 0.218 e. The zero-order valence-electron chi connectivity index (χ0n) is 8.80. The van der Waals surface area contributed by atoms with Crippen molar-refractivity contribution in [1.82, 2.24) is 4.31 Å². The third-order valence-electron chi connectivity index (χ3n) is 2.51. The first-order chi connectivity index (χ1) is 7.02. The van der Waals surface area contributed by atoms with E-state index in [0.717, 1.165) is 0 Å². The van der Waals surface area contributed by atoms with E-state index in [1.165, 1.54) is 4.31 Å². The highest BCUT2D eigenvalue weighted by Crippen LogP contribution is 2.13. The van der Waals surface area contributed by atoms with Crippen LogP contribution in [0.3, 0.4) is 0 Å². The Labute approximate surface area is 90.1 Å². The van der Waals surface area contributed by atoms with Gasteiger partial charge in [0, 0.05) is 19.6 Å². The summed E-state index contributed by atoms with van der Waals surface area (Å²) in [7, 11) is -3.34. The molecule has 1 rings (SSSR count). The summed E-state index contributed by atoms with van der Waals surface area (Å²) in [5.74, 6) is 0. The Kier molecular flexibility index (Phi) is 4.47. The van der Waals surface area contributed by atoms with Gasteiger partial charge in [0.25, 0.3) is 0 Å². The molecule has 2 atom stereocenters. The molecule has 0 radical (unpaired) electrons. The Morgan fingerprint density at radius 1 is 1.67 bits per heavy atom. The van der Waals surface area contributed by atoms with E-state index in [1.807, 2.05) is 0 Å². The number of nitrogens with two attached hydrogens (primary N) is 1. The topological polar surface area (TPSA) is 92.9 Å². The van der Waals surface area contributed by atoms with Crippen LogP contribution in [-0.4, -0.2) is 62.0 Å². The fourth-order valence-electron chi connectivity index (χ4n) is 1.41. The standard InChI is InChI=1S/C8H18N2O4S/c1-7(4-9)15(12,13)10-2-3-14-8(5-10)6-11/h7-8,11H,2-6,9H2,1H3. The van der Waals surface area contributed by atoms with E-state index in [1.54, 1.807) is 6.92 Å². The number of hydrogen-bond donors (Lipinski definition) is 2. The summed E-state index contributed by atoms with van der Waals surface area (Å²) in [6.45, 7) is 2.39. The molecule has 0 aromatic carbocycles. The fraction of sp³-hybridized carbons (Fsp3) is 1.00. The van der Waals surface area contributed by atoms with Gasteiger partial charge in [0.15, 0.2) is 0 Å². The van der Waals surface area contributed by atoms with Crippen molar-refractivity contribution in [2.75, 3.05) is 32.8 Å². The second kappa shape index (κ2) is 5.22. The van der Waals surface area contributed by atoms with Crippen LogP contribution < -0.4 is 5.73 Å². The van der Waals surface area contributed by atoms with Gasteiger partial charge in [0.1, 0.15) is 0 Å². The van der Waals surface area contributed by atoms with Crippen molar-refractivity contribution in [2.24, 2.45) is 5.73 Å². The molecule has 0 amide bonds. The highest BCUT2D eigenvalue weighted by atomic mass is 32.2. The van der Waals surface area contributed by atoms with Crippen molar-refractivity contribution in [2.45, 2.75) is 18.3 Å². The van der Waals surface area contributed by atoms with Crippen LogP contribution in [0.2, 0.25) is 0 Å². The molecule has 6 nitrogen and oxygen atoms in total. The third kappa shape index (κ3) is 2.88. The van der Waals surface area contributed by atoms with Gasteiger partial charge in [-0.25, -0.2) is 8.42 Å². The first-order valence-electron chi connectivity index (χ1n) is 4.94. The zero-order valence-corrected chi connectivity index (χ0v) is 9.61. The van der Waals surface area contributed by atoms with Gasteiger partial charge >= 0.3 is 0 Å². The number of nitrogens with zero attached hydrogens (tertiary/aromatic N) is 1. The lowest BCUT2D eigenvalue weighted by Crippen LogP contribution is -2.50. The second-order valence-corrected chi connectivity index (χ2v) is 5.98. The minimum absolute atomic E-state index is 0.101. The van der Waals surface area contributed by atoms with Crippen LogP contribution >= 0.6 is 0 Å². The molecule has 0 aromatic heterocycles. The number of aliphatic hydroxyl groups is 1. The summed E-state index contributed by atoms with van der Waals surface area (Å²) >= 11 is 0. The average Bonchev–Trinajstić information content (AvgIpc) is 2.27. The molecule has 0 aromatic rings. The molecule has 0 saturated carbocycles. The maximum atomic E-state index is 11.9. The molecule has 1 heterocycles. The SMILES string of the molecule is CC(CN)S(=O)(=O)N1CCOC(CO)C1. The Bertz CT molecular complexity index is 293. The summed E-state index contributed by atoms with van der Waals surface area (Å²) in [5.41, 5.74) is 5.35. The minimum Gasteiger partial charge on any atom is -0.394 e. The monoisotopic (exact) mass is 238 g/mol. The fourth-order valence-corrected chi connectivity index (χ4v) is 2.87. The molecule has 15 heavy (non-hydrogen) atoms. The lowest BCUT2D eigenvalue weighted by atomic mass is 10.3. The van der Waals surface area contributed by atoms with E-state index in [0.29, 0.717) is 13.2 Å². The largest absolute Gasteiger partial charge is 0.394 e. The number of ether oxygens (including phenoxy) is 1. The van der Waals surface area contributed by atoms with Crippen molar-refractivity contribution < 1.29 is 18.3 Å². The highest BCUT2D eigenvalue weighted by molar-refractivity contribution is 7.89. The van der Waals surface area contributed by atoms with Gasteiger partial charge in [0.2, 0.25) is 10.0 Å². The van der Waals surface area contributed by atoms with Crippen molar-refractivity contribution in [3.05, 3.63) is 0 Å². The number of rotatable bonds is 4. The Hall–Kier alpha value is -0.210.